The summed E-state index contributed by atoms with van der Waals surface area (Å²) in [5.74, 6) is 0.685. The molecule has 1 atom stereocenters. The SMILES string of the molecule is CC(=O)c1cnc2c(c1)C[C@@]1(C2)C(=O)N(COCC[Si](C)(C)C)c2ncccc21. The number of anilines is 1. The van der Waals surface area contributed by atoms with Gasteiger partial charge >= 0.3 is 0 Å². The zero-order valence-electron chi connectivity index (χ0n) is 17.5. The van der Waals surface area contributed by atoms with Crippen LogP contribution in [0.2, 0.25) is 25.7 Å². The van der Waals surface area contributed by atoms with Gasteiger partial charge in [-0.3, -0.25) is 19.5 Å². The van der Waals surface area contributed by atoms with Gasteiger partial charge in [0.1, 0.15) is 12.5 Å². The fourth-order valence-corrected chi connectivity index (χ4v) is 4.92. The van der Waals surface area contributed by atoms with Crippen molar-refractivity contribution < 1.29 is 14.3 Å². The Hall–Kier alpha value is -2.38. The third-order valence-electron chi connectivity index (χ3n) is 5.86. The zero-order chi connectivity index (χ0) is 20.8. The van der Waals surface area contributed by atoms with Crippen LogP contribution in [0.25, 0.3) is 0 Å². The first-order valence-corrected chi connectivity index (χ1v) is 13.8. The zero-order valence-corrected chi connectivity index (χ0v) is 18.5. The molecule has 0 aromatic carbocycles. The van der Waals surface area contributed by atoms with Crippen molar-refractivity contribution in [1.82, 2.24) is 9.97 Å². The van der Waals surface area contributed by atoms with Gasteiger partial charge in [-0.25, -0.2) is 4.98 Å². The van der Waals surface area contributed by atoms with E-state index in [1.165, 1.54) is 6.92 Å². The first-order chi connectivity index (χ1) is 13.7. The molecule has 152 valence electrons. The maximum absolute atomic E-state index is 13.6. The maximum atomic E-state index is 13.6. The maximum Gasteiger partial charge on any atom is 0.241 e. The standard InChI is InChI=1S/C22H27N3O3Si/c1-15(26)17-10-16-11-22(12-19(16)24-13-17)18-6-5-7-23-20(18)25(21(22)27)14-28-8-9-29(2,3)4/h5-7,10,13H,8-9,11-12,14H2,1-4H3/t22-/m0/s1. The fourth-order valence-electron chi connectivity index (χ4n) is 4.17. The van der Waals surface area contributed by atoms with E-state index in [2.05, 4.69) is 29.6 Å². The van der Waals surface area contributed by atoms with E-state index in [9.17, 15) is 9.59 Å². The number of hydrogen-bond donors (Lipinski definition) is 0. The molecule has 0 bridgehead atoms. The first kappa shape index (κ1) is 19.9. The summed E-state index contributed by atoms with van der Waals surface area (Å²) in [5, 5.41) is 0. The summed E-state index contributed by atoms with van der Waals surface area (Å²) in [6.45, 7) is 9.33. The Morgan fingerprint density at radius 3 is 2.79 bits per heavy atom. The molecule has 0 radical (unpaired) electrons. The van der Waals surface area contributed by atoms with Crippen molar-refractivity contribution in [3.05, 3.63) is 53.0 Å². The second-order valence-electron chi connectivity index (χ2n) is 9.28. The van der Waals surface area contributed by atoms with Gasteiger partial charge in [-0.15, -0.1) is 0 Å². The molecule has 2 aliphatic rings. The van der Waals surface area contributed by atoms with E-state index in [0.717, 1.165) is 22.9 Å². The first-order valence-electron chi connectivity index (χ1n) is 10.1. The molecule has 0 unspecified atom stereocenters. The van der Waals surface area contributed by atoms with Gasteiger partial charge < -0.3 is 4.74 Å². The van der Waals surface area contributed by atoms with Crippen molar-refractivity contribution in [3.63, 3.8) is 0 Å². The lowest BCUT2D eigenvalue weighted by atomic mass is 9.79. The topological polar surface area (TPSA) is 72.4 Å². The highest BCUT2D eigenvalue weighted by molar-refractivity contribution is 6.76. The van der Waals surface area contributed by atoms with Gasteiger partial charge in [-0.05, 0) is 37.1 Å². The van der Waals surface area contributed by atoms with Crippen LogP contribution in [-0.2, 0) is 27.8 Å². The highest BCUT2D eigenvalue weighted by Gasteiger charge is 2.55. The molecule has 6 nitrogen and oxygen atoms in total. The largest absolute Gasteiger partial charge is 0.361 e. The van der Waals surface area contributed by atoms with Crippen LogP contribution in [0, 0.1) is 0 Å². The Balaban J connectivity index is 1.61. The summed E-state index contributed by atoms with van der Waals surface area (Å²) >= 11 is 0. The average Bonchev–Trinajstić information content (AvgIpc) is 3.15. The summed E-state index contributed by atoms with van der Waals surface area (Å²) in [4.78, 5) is 36.0. The third kappa shape index (κ3) is 3.53. The molecule has 7 heteroatoms. The van der Waals surface area contributed by atoms with Crippen LogP contribution in [0.3, 0.4) is 0 Å². The molecule has 3 heterocycles. The van der Waals surface area contributed by atoms with E-state index < -0.39 is 13.5 Å². The van der Waals surface area contributed by atoms with E-state index in [1.807, 2.05) is 18.2 Å². The van der Waals surface area contributed by atoms with Crippen molar-refractivity contribution in [2.24, 2.45) is 0 Å². The number of carbonyl (C=O) groups is 2. The Morgan fingerprint density at radius 2 is 2.07 bits per heavy atom. The number of fused-ring (bicyclic) bond motifs is 3. The molecule has 2 aromatic heterocycles. The second-order valence-corrected chi connectivity index (χ2v) is 14.9. The van der Waals surface area contributed by atoms with Crippen LogP contribution in [0.5, 0.6) is 0 Å². The molecule has 0 fully saturated rings. The number of carbonyl (C=O) groups excluding carboxylic acids is 2. The highest BCUT2D eigenvalue weighted by atomic mass is 28.3. The Morgan fingerprint density at radius 1 is 1.28 bits per heavy atom. The van der Waals surface area contributed by atoms with E-state index in [4.69, 9.17) is 4.74 Å². The van der Waals surface area contributed by atoms with E-state index >= 15 is 0 Å². The Bertz CT molecular complexity index is 986. The molecule has 0 saturated carbocycles. The Kier molecular flexibility index (Phi) is 4.91. The molecule has 1 aliphatic carbocycles. The monoisotopic (exact) mass is 409 g/mol. The number of Topliss-reactive ketones (excluding diaryl/α,β-unsaturated/α-hetero) is 1. The van der Waals surface area contributed by atoms with Crippen LogP contribution in [0.1, 0.15) is 34.1 Å². The van der Waals surface area contributed by atoms with Crippen LogP contribution in [-0.4, -0.2) is 43.1 Å². The lowest BCUT2D eigenvalue weighted by Crippen LogP contribution is -2.42. The van der Waals surface area contributed by atoms with Gasteiger partial charge in [0.05, 0.1) is 5.41 Å². The number of ketones is 1. The van der Waals surface area contributed by atoms with Gasteiger partial charge in [0.2, 0.25) is 5.91 Å². The fraction of sp³-hybridized carbons (Fsp3) is 0.455. The number of aromatic nitrogens is 2. The van der Waals surface area contributed by atoms with Gasteiger partial charge in [-0.1, -0.05) is 25.7 Å². The van der Waals surface area contributed by atoms with Gasteiger partial charge in [0.25, 0.3) is 0 Å². The molecular weight excluding hydrogens is 382 g/mol. The van der Waals surface area contributed by atoms with Crippen molar-refractivity contribution in [1.29, 1.82) is 0 Å². The van der Waals surface area contributed by atoms with Crippen LogP contribution in [0.15, 0.2) is 30.6 Å². The Labute approximate surface area is 172 Å². The molecule has 29 heavy (non-hydrogen) atoms. The molecular formula is C22H27N3O3Si. The predicted molar refractivity (Wildman–Crippen MR) is 114 cm³/mol. The lowest BCUT2D eigenvalue weighted by Gasteiger charge is -2.23. The minimum Gasteiger partial charge on any atom is -0.361 e. The summed E-state index contributed by atoms with van der Waals surface area (Å²) < 4.78 is 5.89. The van der Waals surface area contributed by atoms with E-state index in [0.29, 0.717) is 30.8 Å². The number of hydrogen-bond acceptors (Lipinski definition) is 5. The quantitative estimate of drug-likeness (QED) is 0.415. The average molecular weight is 410 g/mol. The number of nitrogens with zero attached hydrogens (tertiary/aromatic N) is 3. The van der Waals surface area contributed by atoms with Crippen molar-refractivity contribution in [3.8, 4) is 0 Å². The number of amides is 1. The summed E-state index contributed by atoms with van der Waals surface area (Å²) in [7, 11) is -1.19. The minimum absolute atomic E-state index is 0.0153. The molecule has 4 rings (SSSR count). The third-order valence-corrected chi connectivity index (χ3v) is 7.56. The smallest absolute Gasteiger partial charge is 0.241 e. The highest BCUT2D eigenvalue weighted by Crippen LogP contribution is 2.48. The summed E-state index contributed by atoms with van der Waals surface area (Å²) in [6, 6.07) is 6.80. The molecule has 1 amide bonds. The molecule has 1 spiro atoms. The van der Waals surface area contributed by atoms with Crippen molar-refractivity contribution in [2.45, 2.75) is 50.9 Å². The summed E-state index contributed by atoms with van der Waals surface area (Å²) in [6.07, 6.45) is 4.40. The second kappa shape index (κ2) is 7.14. The van der Waals surface area contributed by atoms with Crippen molar-refractivity contribution in [2.75, 3.05) is 18.2 Å². The minimum atomic E-state index is -1.19. The molecule has 1 aliphatic heterocycles. The van der Waals surface area contributed by atoms with Crippen LogP contribution in [0.4, 0.5) is 5.82 Å². The van der Waals surface area contributed by atoms with Crippen molar-refractivity contribution >= 4 is 25.6 Å². The molecule has 0 saturated heterocycles. The predicted octanol–water partition coefficient (Wildman–Crippen LogP) is 3.37. The van der Waals surface area contributed by atoms with E-state index in [-0.39, 0.29) is 18.4 Å². The van der Waals surface area contributed by atoms with E-state index in [1.54, 1.807) is 17.3 Å². The van der Waals surface area contributed by atoms with Gasteiger partial charge in [-0.2, -0.15) is 0 Å². The number of pyridine rings is 2. The van der Waals surface area contributed by atoms with Gasteiger partial charge in [0, 0.05) is 50.3 Å². The summed E-state index contributed by atoms with van der Waals surface area (Å²) in [5.41, 5.74) is 2.68. The lowest BCUT2D eigenvalue weighted by molar-refractivity contribution is -0.124. The normalized spacial score (nSPS) is 20.3. The van der Waals surface area contributed by atoms with Crippen LogP contribution < -0.4 is 4.90 Å². The molecule has 0 N–H and O–H groups in total. The van der Waals surface area contributed by atoms with Crippen LogP contribution >= 0.6 is 0 Å². The number of rotatable bonds is 6. The molecule has 2 aromatic rings. The number of ether oxygens (including phenoxy) is 1. The van der Waals surface area contributed by atoms with Gasteiger partial charge in [0.15, 0.2) is 5.78 Å².